The van der Waals surface area contributed by atoms with Crippen molar-refractivity contribution in [2.45, 2.75) is 17.4 Å². The van der Waals surface area contributed by atoms with Crippen molar-refractivity contribution in [3.63, 3.8) is 0 Å². The number of hydrogen-bond acceptors (Lipinski definition) is 6. The molecule has 0 fully saturated rings. The molecule has 7 heteroatoms. The normalized spacial score (nSPS) is 11.6. The summed E-state index contributed by atoms with van der Waals surface area (Å²) in [6.07, 6.45) is 6.33. The van der Waals surface area contributed by atoms with Gasteiger partial charge in [0.1, 0.15) is 5.69 Å². The van der Waals surface area contributed by atoms with Gasteiger partial charge in [-0.3, -0.25) is 14.6 Å². The van der Waals surface area contributed by atoms with Gasteiger partial charge in [0.15, 0.2) is 0 Å². The van der Waals surface area contributed by atoms with Gasteiger partial charge in [-0.25, -0.2) is 4.98 Å². The van der Waals surface area contributed by atoms with Gasteiger partial charge in [-0.2, -0.15) is 0 Å². The highest BCUT2D eigenvalue weighted by atomic mass is 32.2. The molecule has 0 aliphatic rings. The summed E-state index contributed by atoms with van der Waals surface area (Å²) in [6.45, 7) is 0. The summed E-state index contributed by atoms with van der Waals surface area (Å²) in [6, 6.07) is 7.16. The average molecular weight is 331 g/mol. The number of esters is 1. The van der Waals surface area contributed by atoms with Crippen LogP contribution in [0.2, 0.25) is 0 Å². The zero-order chi connectivity index (χ0) is 16.7. The van der Waals surface area contributed by atoms with E-state index in [4.69, 9.17) is 4.74 Å². The second-order valence-electron chi connectivity index (χ2n) is 4.67. The zero-order valence-corrected chi connectivity index (χ0v) is 13.7. The topological polar surface area (TPSA) is 81.2 Å². The first kappa shape index (κ1) is 17.0. The maximum Gasteiger partial charge on any atom is 0.307 e. The Labute approximate surface area is 138 Å². The molecule has 0 spiro atoms. The first-order valence-electron chi connectivity index (χ1n) is 6.91. The number of amides is 1. The number of carbonyl (C=O) groups is 2. The van der Waals surface area contributed by atoms with Crippen molar-refractivity contribution in [1.29, 1.82) is 0 Å². The van der Waals surface area contributed by atoms with Crippen LogP contribution >= 0.6 is 11.8 Å². The minimum atomic E-state index is -0.493. The van der Waals surface area contributed by atoms with Crippen molar-refractivity contribution in [2.75, 3.05) is 13.4 Å². The molecule has 0 radical (unpaired) electrons. The standard InChI is InChI=1S/C16H17N3O3S/c1-22-15(20)9-13(11-3-5-12(23-2)6-4-11)19-16(21)14-10-17-7-8-18-14/h3-8,10,13H,9H2,1-2H3,(H,19,21)/t13-/m0/s1. The van der Waals surface area contributed by atoms with E-state index in [1.54, 1.807) is 11.8 Å². The lowest BCUT2D eigenvalue weighted by Gasteiger charge is -2.18. The minimum Gasteiger partial charge on any atom is -0.469 e. The van der Waals surface area contributed by atoms with Crippen molar-refractivity contribution >= 4 is 23.6 Å². The van der Waals surface area contributed by atoms with Crippen LogP contribution in [0.3, 0.4) is 0 Å². The molecule has 0 unspecified atom stereocenters. The predicted octanol–water partition coefficient (Wildman–Crippen LogP) is 2.23. The number of methoxy groups -OCH3 is 1. The molecule has 0 aliphatic carbocycles. The van der Waals surface area contributed by atoms with E-state index in [1.807, 2.05) is 30.5 Å². The van der Waals surface area contributed by atoms with Crippen molar-refractivity contribution in [2.24, 2.45) is 0 Å². The SMILES string of the molecule is COC(=O)C[C@H](NC(=O)c1cnccn1)c1ccc(SC)cc1. The smallest absolute Gasteiger partial charge is 0.307 e. The minimum absolute atomic E-state index is 0.0428. The van der Waals surface area contributed by atoms with Crippen molar-refractivity contribution < 1.29 is 14.3 Å². The molecule has 23 heavy (non-hydrogen) atoms. The van der Waals surface area contributed by atoms with Gasteiger partial charge >= 0.3 is 5.97 Å². The lowest BCUT2D eigenvalue weighted by atomic mass is 10.0. The molecular formula is C16H17N3O3S. The summed E-state index contributed by atoms with van der Waals surface area (Å²) in [5, 5.41) is 2.80. The van der Waals surface area contributed by atoms with Crippen LogP contribution < -0.4 is 5.32 Å². The van der Waals surface area contributed by atoms with Crippen LogP contribution in [0, 0.1) is 0 Å². The molecule has 2 aromatic rings. The van der Waals surface area contributed by atoms with Crippen molar-refractivity contribution in [3.8, 4) is 0 Å². The molecular weight excluding hydrogens is 314 g/mol. The van der Waals surface area contributed by atoms with E-state index in [9.17, 15) is 9.59 Å². The summed E-state index contributed by atoms with van der Waals surface area (Å²) in [5.41, 5.74) is 1.02. The molecule has 2 rings (SSSR count). The number of rotatable bonds is 6. The summed E-state index contributed by atoms with van der Waals surface area (Å²) in [4.78, 5) is 32.8. The maximum atomic E-state index is 12.3. The second kappa shape index (κ2) is 8.28. The third-order valence-corrected chi connectivity index (χ3v) is 3.96. The summed E-state index contributed by atoms with van der Waals surface area (Å²) in [5.74, 6) is -0.788. The third kappa shape index (κ3) is 4.79. The first-order chi connectivity index (χ1) is 11.1. The summed E-state index contributed by atoms with van der Waals surface area (Å²) < 4.78 is 4.71. The molecule has 1 aromatic carbocycles. The van der Waals surface area contributed by atoms with Gasteiger partial charge in [0.05, 0.1) is 25.8 Å². The molecule has 0 aliphatic heterocycles. The Kier molecular flexibility index (Phi) is 6.10. The lowest BCUT2D eigenvalue weighted by Crippen LogP contribution is -2.31. The Bertz CT molecular complexity index is 662. The van der Waals surface area contributed by atoms with Crippen LogP contribution in [0.15, 0.2) is 47.8 Å². The number of aromatic nitrogens is 2. The van der Waals surface area contributed by atoms with E-state index in [0.29, 0.717) is 0 Å². The third-order valence-electron chi connectivity index (χ3n) is 3.22. The molecule has 0 bridgehead atoms. The van der Waals surface area contributed by atoms with Crippen molar-refractivity contribution in [3.05, 3.63) is 54.1 Å². The molecule has 1 amide bonds. The summed E-state index contributed by atoms with van der Waals surface area (Å²) >= 11 is 1.62. The number of ether oxygens (including phenoxy) is 1. The molecule has 1 aromatic heterocycles. The predicted molar refractivity (Wildman–Crippen MR) is 87.1 cm³/mol. The number of thioether (sulfide) groups is 1. The Balaban J connectivity index is 2.19. The average Bonchev–Trinajstić information content (AvgIpc) is 2.61. The van der Waals surface area contributed by atoms with Crippen LogP contribution in [0.25, 0.3) is 0 Å². The highest BCUT2D eigenvalue weighted by Crippen LogP contribution is 2.22. The van der Waals surface area contributed by atoms with Gasteiger partial charge < -0.3 is 10.1 Å². The van der Waals surface area contributed by atoms with Crippen LogP contribution in [0.1, 0.15) is 28.5 Å². The van der Waals surface area contributed by atoms with E-state index >= 15 is 0 Å². The molecule has 1 heterocycles. The van der Waals surface area contributed by atoms with E-state index in [-0.39, 0.29) is 18.0 Å². The number of benzene rings is 1. The maximum absolute atomic E-state index is 12.3. The van der Waals surface area contributed by atoms with Gasteiger partial charge in [-0.1, -0.05) is 12.1 Å². The van der Waals surface area contributed by atoms with E-state index in [1.165, 1.54) is 25.7 Å². The Morgan fingerprint density at radius 3 is 2.57 bits per heavy atom. The van der Waals surface area contributed by atoms with Gasteiger partial charge in [0.2, 0.25) is 0 Å². The lowest BCUT2D eigenvalue weighted by molar-refractivity contribution is -0.141. The number of carbonyl (C=O) groups excluding carboxylic acids is 2. The van der Waals surface area contributed by atoms with E-state index in [2.05, 4.69) is 15.3 Å². The fourth-order valence-corrected chi connectivity index (χ4v) is 2.40. The van der Waals surface area contributed by atoms with Crippen LogP contribution in [0.4, 0.5) is 0 Å². The Hall–Kier alpha value is -2.41. The fourth-order valence-electron chi connectivity index (χ4n) is 1.99. The molecule has 1 atom stereocenters. The monoisotopic (exact) mass is 331 g/mol. The molecule has 0 saturated heterocycles. The summed E-state index contributed by atoms with van der Waals surface area (Å²) in [7, 11) is 1.32. The highest BCUT2D eigenvalue weighted by molar-refractivity contribution is 7.98. The second-order valence-corrected chi connectivity index (χ2v) is 5.55. The van der Waals surface area contributed by atoms with Gasteiger partial charge in [-0.15, -0.1) is 11.8 Å². The largest absolute Gasteiger partial charge is 0.469 e. The quantitative estimate of drug-likeness (QED) is 0.646. The van der Waals surface area contributed by atoms with Crippen LogP contribution in [-0.4, -0.2) is 35.2 Å². The Morgan fingerprint density at radius 1 is 1.26 bits per heavy atom. The van der Waals surface area contributed by atoms with Gasteiger partial charge in [-0.05, 0) is 24.0 Å². The van der Waals surface area contributed by atoms with Crippen LogP contribution in [-0.2, 0) is 9.53 Å². The number of nitrogens with zero attached hydrogens (tertiary/aromatic N) is 2. The van der Waals surface area contributed by atoms with Crippen LogP contribution in [0.5, 0.6) is 0 Å². The molecule has 120 valence electrons. The van der Waals surface area contributed by atoms with E-state index < -0.39 is 12.0 Å². The van der Waals surface area contributed by atoms with Gasteiger partial charge in [0, 0.05) is 17.3 Å². The molecule has 1 N–H and O–H groups in total. The highest BCUT2D eigenvalue weighted by Gasteiger charge is 2.20. The van der Waals surface area contributed by atoms with Gasteiger partial charge in [0.25, 0.3) is 5.91 Å². The first-order valence-corrected chi connectivity index (χ1v) is 8.14. The molecule has 0 saturated carbocycles. The van der Waals surface area contributed by atoms with Crippen molar-refractivity contribution in [1.82, 2.24) is 15.3 Å². The number of nitrogens with one attached hydrogen (secondary N) is 1. The number of hydrogen-bond donors (Lipinski definition) is 1. The Morgan fingerprint density at radius 2 is 2.00 bits per heavy atom. The zero-order valence-electron chi connectivity index (χ0n) is 12.9. The van der Waals surface area contributed by atoms with E-state index in [0.717, 1.165) is 10.5 Å². The fraction of sp³-hybridized carbons (Fsp3) is 0.250. The molecule has 6 nitrogen and oxygen atoms in total.